The second-order valence-corrected chi connectivity index (χ2v) is 9.06. The van der Waals surface area contributed by atoms with Crippen molar-refractivity contribution >= 4 is 17.3 Å². The van der Waals surface area contributed by atoms with Crippen molar-refractivity contribution in [2.45, 2.75) is 30.7 Å². The lowest BCUT2D eigenvalue weighted by molar-refractivity contribution is -0.384. The maximum Gasteiger partial charge on any atom is 0.335 e. The second kappa shape index (κ2) is 6.54. The first-order valence-corrected chi connectivity index (χ1v) is 10.8. The first-order valence-electron chi connectivity index (χ1n) is 10.8. The summed E-state index contributed by atoms with van der Waals surface area (Å²) in [6, 6.07) is 10.8. The maximum atomic E-state index is 11.9. The number of fused-ring (bicyclic) bond motifs is 4. The molecular formula is C25H22N2O4. The minimum Gasteiger partial charge on any atom is -0.478 e. The van der Waals surface area contributed by atoms with Gasteiger partial charge in [0.1, 0.15) is 0 Å². The quantitative estimate of drug-likeness (QED) is 0.425. The van der Waals surface area contributed by atoms with E-state index < -0.39 is 5.97 Å². The highest BCUT2D eigenvalue weighted by Gasteiger charge is 2.48. The van der Waals surface area contributed by atoms with E-state index in [4.69, 9.17) is 0 Å². The number of rotatable bonds is 3. The van der Waals surface area contributed by atoms with Gasteiger partial charge in [-0.25, -0.2) is 4.79 Å². The van der Waals surface area contributed by atoms with E-state index in [1.165, 1.54) is 0 Å². The van der Waals surface area contributed by atoms with Crippen molar-refractivity contribution in [3.8, 4) is 0 Å². The molecule has 0 saturated carbocycles. The predicted molar refractivity (Wildman–Crippen MR) is 117 cm³/mol. The second-order valence-electron chi connectivity index (χ2n) is 9.06. The van der Waals surface area contributed by atoms with Crippen LogP contribution >= 0.6 is 0 Å². The average Bonchev–Trinajstić information content (AvgIpc) is 3.43. The zero-order chi connectivity index (χ0) is 21.3. The lowest BCUT2D eigenvalue weighted by atomic mass is 9.70. The van der Waals surface area contributed by atoms with Gasteiger partial charge in [-0.3, -0.25) is 10.1 Å². The highest BCUT2D eigenvalue weighted by molar-refractivity contribution is 5.90. The number of aromatic carboxylic acids is 1. The lowest BCUT2D eigenvalue weighted by Crippen LogP contribution is -2.46. The highest BCUT2D eigenvalue weighted by atomic mass is 16.6. The van der Waals surface area contributed by atoms with Gasteiger partial charge in [0.2, 0.25) is 0 Å². The van der Waals surface area contributed by atoms with Crippen LogP contribution in [-0.4, -0.2) is 22.5 Å². The van der Waals surface area contributed by atoms with Gasteiger partial charge < -0.3 is 10.0 Å². The van der Waals surface area contributed by atoms with E-state index in [-0.39, 0.29) is 34.4 Å². The Balaban J connectivity index is 1.58. The molecule has 156 valence electrons. The largest absolute Gasteiger partial charge is 0.478 e. The Kier molecular flexibility index (Phi) is 3.88. The van der Waals surface area contributed by atoms with Gasteiger partial charge in [-0.15, -0.1) is 0 Å². The van der Waals surface area contributed by atoms with Gasteiger partial charge in [-0.2, -0.15) is 0 Å². The molecule has 2 aromatic carbocycles. The van der Waals surface area contributed by atoms with Crippen LogP contribution in [0.25, 0.3) is 0 Å². The van der Waals surface area contributed by atoms with Gasteiger partial charge in [0.25, 0.3) is 5.69 Å². The third-order valence-corrected chi connectivity index (χ3v) is 7.52. The summed E-state index contributed by atoms with van der Waals surface area (Å²) in [5, 5.41) is 21.2. The zero-order valence-corrected chi connectivity index (χ0v) is 16.8. The topological polar surface area (TPSA) is 83.7 Å². The molecular weight excluding hydrogens is 392 g/mol. The Hall–Kier alpha value is -3.41. The van der Waals surface area contributed by atoms with Crippen molar-refractivity contribution in [2.24, 2.45) is 11.8 Å². The molecule has 0 radical (unpaired) electrons. The molecule has 2 aliphatic carbocycles. The Labute approximate surface area is 179 Å². The van der Waals surface area contributed by atoms with Crippen molar-refractivity contribution in [1.29, 1.82) is 0 Å². The smallest absolute Gasteiger partial charge is 0.335 e. The molecule has 2 aromatic rings. The number of hydrogen-bond acceptors (Lipinski definition) is 4. The van der Waals surface area contributed by atoms with Crippen LogP contribution < -0.4 is 4.90 Å². The minimum absolute atomic E-state index is 0.0309. The number of nitrogens with zero attached hydrogens (tertiary/aromatic N) is 2. The lowest BCUT2D eigenvalue weighted by Gasteiger charge is -2.51. The van der Waals surface area contributed by atoms with E-state index in [9.17, 15) is 20.0 Å². The van der Waals surface area contributed by atoms with Crippen LogP contribution in [-0.2, 0) is 0 Å². The van der Waals surface area contributed by atoms with E-state index in [0.717, 1.165) is 41.8 Å². The summed E-state index contributed by atoms with van der Waals surface area (Å²) >= 11 is 0. The summed E-state index contributed by atoms with van der Waals surface area (Å²) in [6.07, 6.45) is 10.7. The van der Waals surface area contributed by atoms with E-state index in [1.54, 1.807) is 18.2 Å². The number of nitro benzene ring substituents is 1. The molecule has 1 N–H and O–H groups in total. The number of anilines is 1. The number of carboxylic acids is 1. The standard InChI is InChI=1S/C25H22N2O4/c28-25(29)16-11-21-18-7-2-5-15(18)13-26-23(14-4-1-6-17(10-14)27(30)31)20-9-3-8-19(20)22(12-16)24(21)26/h1-4,6-8,10-12,15,18-20,23H,5,9,13H2,(H,28,29)/t15-,18-,19-,20+,23+/m0/s1. The highest BCUT2D eigenvalue weighted by Crippen LogP contribution is 2.59. The molecule has 2 heterocycles. The van der Waals surface area contributed by atoms with Gasteiger partial charge in [-0.05, 0) is 53.5 Å². The fourth-order valence-electron chi connectivity index (χ4n) is 6.30. The van der Waals surface area contributed by atoms with Gasteiger partial charge in [0.05, 0.1) is 16.5 Å². The number of allylic oxidation sites excluding steroid dienone is 4. The molecule has 0 saturated heterocycles. The molecule has 0 spiro atoms. The molecule has 5 atom stereocenters. The normalized spacial score (nSPS) is 29.4. The Morgan fingerprint density at radius 2 is 1.81 bits per heavy atom. The summed E-state index contributed by atoms with van der Waals surface area (Å²) in [4.78, 5) is 25.5. The van der Waals surface area contributed by atoms with Crippen LogP contribution in [0, 0.1) is 22.0 Å². The van der Waals surface area contributed by atoms with Gasteiger partial charge >= 0.3 is 5.97 Å². The third-order valence-electron chi connectivity index (χ3n) is 7.52. The zero-order valence-electron chi connectivity index (χ0n) is 16.8. The Morgan fingerprint density at radius 1 is 1.06 bits per heavy atom. The number of non-ortho nitro benzene ring substituents is 1. The molecule has 6 rings (SSSR count). The molecule has 0 aromatic heterocycles. The SMILES string of the molecule is O=C(O)c1cc2c3c(c1)[C@H]1C=CC[C@H]1[C@@H](c1cccc([N+](=O)[O-])c1)N3C[C@@H]1CC=C[C@H]21. The number of carbonyl (C=O) groups is 1. The van der Waals surface area contributed by atoms with Crippen LogP contribution in [0.1, 0.15) is 57.8 Å². The fourth-order valence-corrected chi connectivity index (χ4v) is 6.30. The van der Waals surface area contributed by atoms with E-state index >= 15 is 0 Å². The number of hydrogen-bond donors (Lipinski definition) is 1. The Bertz CT molecular complexity index is 1170. The van der Waals surface area contributed by atoms with Crippen LogP contribution in [0.15, 0.2) is 60.7 Å². The van der Waals surface area contributed by atoms with Crippen LogP contribution in [0.3, 0.4) is 0 Å². The van der Waals surface area contributed by atoms with Gasteiger partial charge in [0, 0.05) is 36.2 Å². The third kappa shape index (κ3) is 2.60. The summed E-state index contributed by atoms with van der Waals surface area (Å²) < 4.78 is 0. The van der Waals surface area contributed by atoms with E-state index in [0.29, 0.717) is 11.5 Å². The maximum absolute atomic E-state index is 11.9. The first kappa shape index (κ1) is 18.4. The van der Waals surface area contributed by atoms with Crippen LogP contribution in [0.2, 0.25) is 0 Å². The monoisotopic (exact) mass is 414 g/mol. The summed E-state index contributed by atoms with van der Waals surface area (Å²) in [7, 11) is 0. The first-order chi connectivity index (χ1) is 15.0. The molecule has 0 fully saturated rings. The molecule has 31 heavy (non-hydrogen) atoms. The molecule has 6 heteroatoms. The molecule has 0 bridgehead atoms. The number of carboxylic acid groups (broad SMARTS) is 1. The number of benzene rings is 2. The fraction of sp³-hybridized carbons (Fsp3) is 0.320. The number of nitro groups is 1. The van der Waals surface area contributed by atoms with Gasteiger partial charge in [-0.1, -0.05) is 36.4 Å². The van der Waals surface area contributed by atoms with Crippen molar-refractivity contribution in [1.82, 2.24) is 0 Å². The van der Waals surface area contributed by atoms with Crippen molar-refractivity contribution in [3.05, 3.63) is 93.1 Å². The molecule has 6 nitrogen and oxygen atoms in total. The average molecular weight is 414 g/mol. The van der Waals surface area contributed by atoms with Crippen molar-refractivity contribution in [2.75, 3.05) is 11.4 Å². The molecule has 2 aliphatic heterocycles. The summed E-state index contributed by atoms with van der Waals surface area (Å²) in [6.45, 7) is 0.876. The van der Waals surface area contributed by atoms with Gasteiger partial charge in [0.15, 0.2) is 0 Å². The van der Waals surface area contributed by atoms with Crippen LogP contribution in [0.4, 0.5) is 11.4 Å². The predicted octanol–water partition coefficient (Wildman–Crippen LogP) is 5.19. The van der Waals surface area contributed by atoms with E-state index in [2.05, 4.69) is 29.2 Å². The molecule has 4 aliphatic rings. The van der Waals surface area contributed by atoms with Crippen molar-refractivity contribution < 1.29 is 14.8 Å². The Morgan fingerprint density at radius 3 is 2.58 bits per heavy atom. The summed E-state index contributed by atoms with van der Waals surface area (Å²) in [5.74, 6) is 0.0929. The molecule has 0 amide bonds. The van der Waals surface area contributed by atoms with E-state index in [1.807, 2.05) is 18.2 Å². The minimum atomic E-state index is -0.894. The molecule has 0 unspecified atom stereocenters. The van der Waals surface area contributed by atoms with Crippen LogP contribution in [0.5, 0.6) is 0 Å². The van der Waals surface area contributed by atoms with Crippen molar-refractivity contribution in [3.63, 3.8) is 0 Å². The summed E-state index contributed by atoms with van der Waals surface area (Å²) in [5.41, 5.74) is 4.76.